The molecule has 0 amide bonds. The van der Waals surface area contributed by atoms with Crippen LogP contribution in [0, 0.1) is 0 Å². The van der Waals surface area contributed by atoms with Gasteiger partial charge in [-0.3, -0.25) is 0 Å². The summed E-state index contributed by atoms with van der Waals surface area (Å²) in [6.07, 6.45) is 2.42. The van der Waals surface area contributed by atoms with Crippen LogP contribution in [0.1, 0.15) is 56.3 Å². The molecule has 1 fully saturated rings. The van der Waals surface area contributed by atoms with E-state index in [1.54, 1.807) is 0 Å². The summed E-state index contributed by atoms with van der Waals surface area (Å²) in [7, 11) is 0. The normalized spacial score (nSPS) is 23.1. The van der Waals surface area contributed by atoms with Gasteiger partial charge in [0.2, 0.25) is 5.89 Å². The van der Waals surface area contributed by atoms with Gasteiger partial charge in [0.1, 0.15) is 0 Å². The molecule has 1 aliphatic carbocycles. The summed E-state index contributed by atoms with van der Waals surface area (Å²) < 4.78 is 5.41. The molecule has 2 unspecified atom stereocenters. The first-order valence-corrected chi connectivity index (χ1v) is 7.16. The summed E-state index contributed by atoms with van der Waals surface area (Å²) in [5, 5.41) is 14.1. The lowest BCUT2D eigenvalue weighted by Gasteiger charge is -2.20. The van der Waals surface area contributed by atoms with E-state index in [1.807, 2.05) is 18.2 Å². The highest BCUT2D eigenvalue weighted by molar-refractivity contribution is 5.30. The molecule has 3 rings (SSSR count). The van der Waals surface area contributed by atoms with Crippen molar-refractivity contribution in [3.05, 3.63) is 47.6 Å². The molecule has 0 bridgehead atoms. The number of aliphatic hydroxyl groups excluding tert-OH is 1. The summed E-state index contributed by atoms with van der Waals surface area (Å²) in [6.45, 7) is 4.17. The lowest BCUT2D eigenvalue weighted by Crippen LogP contribution is -2.21. The van der Waals surface area contributed by atoms with Gasteiger partial charge < -0.3 is 9.63 Å². The van der Waals surface area contributed by atoms with E-state index < -0.39 is 0 Å². The largest absolute Gasteiger partial charge is 0.392 e. The molecule has 0 radical (unpaired) electrons. The van der Waals surface area contributed by atoms with Crippen molar-refractivity contribution in [3.8, 4) is 0 Å². The van der Waals surface area contributed by atoms with E-state index in [9.17, 15) is 5.11 Å². The zero-order chi connectivity index (χ0) is 14.2. The van der Waals surface area contributed by atoms with Crippen molar-refractivity contribution >= 4 is 0 Å². The molecule has 1 saturated carbocycles. The van der Waals surface area contributed by atoms with Crippen molar-refractivity contribution in [2.75, 3.05) is 0 Å². The van der Waals surface area contributed by atoms with Crippen LogP contribution in [0.3, 0.4) is 0 Å². The maximum atomic E-state index is 9.94. The van der Waals surface area contributed by atoms with Crippen LogP contribution in [-0.2, 0) is 5.41 Å². The Bertz CT molecular complexity index is 577. The average Bonchev–Trinajstić information content (AvgIpc) is 3.08. The third-order valence-electron chi connectivity index (χ3n) is 4.29. The Morgan fingerprint density at radius 2 is 1.95 bits per heavy atom. The van der Waals surface area contributed by atoms with Crippen LogP contribution < -0.4 is 0 Å². The number of hydrogen-bond acceptors (Lipinski definition) is 4. The Labute approximate surface area is 118 Å². The first-order valence-electron chi connectivity index (χ1n) is 7.16. The molecular weight excluding hydrogens is 252 g/mol. The third-order valence-corrected chi connectivity index (χ3v) is 4.29. The predicted molar refractivity (Wildman–Crippen MR) is 75.5 cm³/mol. The zero-order valence-electron chi connectivity index (χ0n) is 11.9. The van der Waals surface area contributed by atoms with Gasteiger partial charge in [-0.25, -0.2) is 0 Å². The Balaban J connectivity index is 1.90. The van der Waals surface area contributed by atoms with Gasteiger partial charge in [-0.1, -0.05) is 35.5 Å². The first kappa shape index (κ1) is 13.3. The second-order valence-electron chi connectivity index (χ2n) is 6.05. The predicted octanol–water partition coefficient (Wildman–Crippen LogP) is 3.02. The number of aliphatic hydroxyl groups is 1. The van der Waals surface area contributed by atoms with Crippen LogP contribution in [0.5, 0.6) is 0 Å². The standard InChI is InChI=1S/C16H20N2O2/c1-16(2,11-7-4-3-5-8-11)15-17-14(20-18-15)12-9-6-10-13(12)19/h3-5,7-8,12-13,19H,6,9-10H2,1-2H3. The smallest absolute Gasteiger partial charge is 0.232 e. The van der Waals surface area contributed by atoms with E-state index in [-0.39, 0.29) is 17.4 Å². The Morgan fingerprint density at radius 1 is 1.20 bits per heavy atom. The minimum atomic E-state index is -0.344. The molecule has 1 heterocycles. The summed E-state index contributed by atoms with van der Waals surface area (Å²) >= 11 is 0. The molecule has 0 aliphatic heterocycles. The van der Waals surface area contributed by atoms with Gasteiger partial charge in [0.05, 0.1) is 17.4 Å². The quantitative estimate of drug-likeness (QED) is 0.933. The fourth-order valence-corrected chi connectivity index (χ4v) is 2.85. The van der Waals surface area contributed by atoms with E-state index in [0.717, 1.165) is 24.8 Å². The number of rotatable bonds is 3. The van der Waals surface area contributed by atoms with Gasteiger partial charge >= 0.3 is 0 Å². The molecule has 1 aliphatic rings. The Morgan fingerprint density at radius 3 is 2.60 bits per heavy atom. The number of hydrogen-bond donors (Lipinski definition) is 1. The minimum absolute atomic E-state index is 0.00261. The van der Waals surface area contributed by atoms with Gasteiger partial charge in [0.25, 0.3) is 0 Å². The fraction of sp³-hybridized carbons (Fsp3) is 0.500. The summed E-state index contributed by atoms with van der Waals surface area (Å²) in [6, 6.07) is 10.2. The molecular formula is C16H20N2O2. The van der Waals surface area contributed by atoms with Crippen LogP contribution in [0.15, 0.2) is 34.9 Å². The molecule has 106 valence electrons. The molecule has 1 aromatic heterocycles. The van der Waals surface area contributed by atoms with Gasteiger partial charge in [-0.2, -0.15) is 4.98 Å². The molecule has 4 heteroatoms. The lowest BCUT2D eigenvalue weighted by atomic mass is 9.84. The Kier molecular flexibility index (Phi) is 3.34. The number of aromatic nitrogens is 2. The molecule has 20 heavy (non-hydrogen) atoms. The number of nitrogens with zero attached hydrogens (tertiary/aromatic N) is 2. The maximum Gasteiger partial charge on any atom is 0.232 e. The second-order valence-corrected chi connectivity index (χ2v) is 6.05. The monoisotopic (exact) mass is 272 g/mol. The number of benzene rings is 1. The first-order chi connectivity index (χ1) is 9.59. The minimum Gasteiger partial charge on any atom is -0.392 e. The van der Waals surface area contributed by atoms with E-state index >= 15 is 0 Å². The zero-order valence-corrected chi connectivity index (χ0v) is 11.9. The van der Waals surface area contributed by atoms with Crippen LogP contribution in [0.25, 0.3) is 0 Å². The molecule has 1 aromatic carbocycles. The lowest BCUT2D eigenvalue weighted by molar-refractivity contribution is 0.148. The van der Waals surface area contributed by atoms with Crippen LogP contribution in [0.2, 0.25) is 0 Å². The van der Waals surface area contributed by atoms with Crippen LogP contribution in [-0.4, -0.2) is 21.4 Å². The van der Waals surface area contributed by atoms with Crippen LogP contribution in [0.4, 0.5) is 0 Å². The van der Waals surface area contributed by atoms with Crippen molar-refractivity contribution in [2.45, 2.75) is 50.5 Å². The van der Waals surface area contributed by atoms with E-state index in [4.69, 9.17) is 4.52 Å². The molecule has 0 saturated heterocycles. The van der Waals surface area contributed by atoms with E-state index in [2.05, 4.69) is 36.1 Å². The summed E-state index contributed by atoms with van der Waals surface area (Å²) in [5.74, 6) is 1.26. The van der Waals surface area contributed by atoms with Gasteiger partial charge in [0, 0.05) is 0 Å². The van der Waals surface area contributed by atoms with Gasteiger partial charge in [-0.05, 0) is 38.7 Å². The topological polar surface area (TPSA) is 59.2 Å². The van der Waals surface area contributed by atoms with E-state index in [0.29, 0.717) is 11.7 Å². The van der Waals surface area contributed by atoms with Gasteiger partial charge in [-0.15, -0.1) is 0 Å². The average molecular weight is 272 g/mol. The van der Waals surface area contributed by atoms with Crippen molar-refractivity contribution in [1.82, 2.24) is 10.1 Å². The summed E-state index contributed by atoms with van der Waals surface area (Å²) in [5.41, 5.74) is 0.853. The van der Waals surface area contributed by atoms with Gasteiger partial charge in [0.15, 0.2) is 5.82 Å². The molecule has 0 spiro atoms. The third kappa shape index (κ3) is 2.24. The maximum absolute atomic E-state index is 9.94. The second kappa shape index (κ2) is 5.02. The van der Waals surface area contributed by atoms with E-state index in [1.165, 1.54) is 0 Å². The SMILES string of the molecule is CC(C)(c1ccccc1)c1noc(C2CCCC2O)n1. The van der Waals surface area contributed by atoms with Crippen molar-refractivity contribution in [3.63, 3.8) is 0 Å². The molecule has 1 N–H and O–H groups in total. The highest BCUT2D eigenvalue weighted by Gasteiger charge is 2.34. The van der Waals surface area contributed by atoms with Crippen molar-refractivity contribution in [2.24, 2.45) is 0 Å². The Hall–Kier alpha value is -1.68. The summed E-state index contributed by atoms with van der Waals surface area (Å²) in [4.78, 5) is 4.55. The van der Waals surface area contributed by atoms with Crippen molar-refractivity contribution < 1.29 is 9.63 Å². The van der Waals surface area contributed by atoms with Crippen molar-refractivity contribution in [1.29, 1.82) is 0 Å². The highest BCUT2D eigenvalue weighted by Crippen LogP contribution is 2.35. The molecule has 4 nitrogen and oxygen atoms in total. The highest BCUT2D eigenvalue weighted by atomic mass is 16.5. The fourth-order valence-electron chi connectivity index (χ4n) is 2.85. The molecule has 2 atom stereocenters. The van der Waals surface area contributed by atoms with Crippen LogP contribution >= 0.6 is 0 Å². The molecule has 2 aromatic rings.